The molecule has 2 rings (SSSR count). The van der Waals surface area contributed by atoms with E-state index in [1.54, 1.807) is 0 Å². The van der Waals surface area contributed by atoms with Gasteiger partial charge in [0, 0.05) is 24.8 Å². The number of hydrogen-bond donors (Lipinski definition) is 2. The lowest BCUT2D eigenvalue weighted by atomic mass is 9.85. The summed E-state index contributed by atoms with van der Waals surface area (Å²) in [4.78, 5) is 2.35. The van der Waals surface area contributed by atoms with Gasteiger partial charge in [-0.15, -0.1) is 0 Å². The second-order valence-corrected chi connectivity index (χ2v) is 6.43. The molecule has 0 amide bonds. The zero-order chi connectivity index (χ0) is 15.3. The second-order valence-electron chi connectivity index (χ2n) is 6.43. The maximum absolute atomic E-state index is 9.87. The summed E-state index contributed by atoms with van der Waals surface area (Å²) >= 11 is 0. The van der Waals surface area contributed by atoms with E-state index >= 15 is 0 Å². The van der Waals surface area contributed by atoms with Gasteiger partial charge >= 0.3 is 0 Å². The van der Waals surface area contributed by atoms with Crippen molar-refractivity contribution in [1.29, 1.82) is 0 Å². The van der Waals surface area contributed by atoms with Crippen LogP contribution in [0.4, 0.5) is 5.69 Å². The quantitative estimate of drug-likeness (QED) is 0.810. The Balaban J connectivity index is 1.97. The molecule has 0 saturated heterocycles. The van der Waals surface area contributed by atoms with Crippen LogP contribution in [0.3, 0.4) is 0 Å². The van der Waals surface area contributed by atoms with E-state index in [1.165, 1.54) is 24.1 Å². The predicted molar refractivity (Wildman–Crippen MR) is 89.9 cm³/mol. The Labute approximate surface area is 129 Å². The summed E-state index contributed by atoms with van der Waals surface area (Å²) < 4.78 is 0. The van der Waals surface area contributed by atoms with Crippen LogP contribution in [0, 0.1) is 12.8 Å². The third-order valence-electron chi connectivity index (χ3n) is 5.11. The van der Waals surface area contributed by atoms with Crippen LogP contribution in [0.1, 0.15) is 38.2 Å². The van der Waals surface area contributed by atoms with Gasteiger partial charge in [-0.2, -0.15) is 0 Å². The summed E-state index contributed by atoms with van der Waals surface area (Å²) in [5.41, 5.74) is 2.60. The van der Waals surface area contributed by atoms with E-state index in [-0.39, 0.29) is 12.1 Å². The normalized spacial score (nSPS) is 25.2. The molecule has 3 nitrogen and oxygen atoms in total. The lowest BCUT2D eigenvalue weighted by Gasteiger charge is -2.36. The van der Waals surface area contributed by atoms with E-state index in [0.29, 0.717) is 5.92 Å². The van der Waals surface area contributed by atoms with Crippen molar-refractivity contribution >= 4 is 5.69 Å². The third kappa shape index (κ3) is 3.58. The summed E-state index contributed by atoms with van der Waals surface area (Å²) in [5.74, 6) is 0.578. The van der Waals surface area contributed by atoms with Crippen molar-refractivity contribution in [2.75, 3.05) is 31.6 Å². The van der Waals surface area contributed by atoms with Crippen molar-refractivity contribution in [2.24, 2.45) is 5.92 Å². The maximum atomic E-state index is 9.87. The number of aliphatic hydroxyl groups excluding tert-OH is 1. The average molecular weight is 290 g/mol. The maximum Gasteiger partial charge on any atom is 0.0616 e. The topological polar surface area (TPSA) is 35.5 Å². The van der Waals surface area contributed by atoms with Gasteiger partial charge in [0.25, 0.3) is 0 Å². The largest absolute Gasteiger partial charge is 0.394 e. The van der Waals surface area contributed by atoms with Gasteiger partial charge in [-0.1, -0.05) is 31.5 Å². The summed E-state index contributed by atoms with van der Waals surface area (Å²) in [6, 6.07) is 8.54. The minimum Gasteiger partial charge on any atom is -0.394 e. The number of aryl methyl sites for hydroxylation is 1. The third-order valence-corrected chi connectivity index (χ3v) is 5.11. The Hall–Kier alpha value is -1.06. The van der Waals surface area contributed by atoms with E-state index in [4.69, 9.17) is 0 Å². The Morgan fingerprint density at radius 2 is 2.14 bits per heavy atom. The number of nitrogens with zero attached hydrogens (tertiary/aromatic N) is 1. The first-order chi connectivity index (χ1) is 10.1. The molecule has 2 unspecified atom stereocenters. The number of para-hydroxylation sites is 1. The smallest absolute Gasteiger partial charge is 0.0616 e. The fraction of sp³-hybridized carbons (Fsp3) is 0.667. The van der Waals surface area contributed by atoms with Crippen LogP contribution >= 0.6 is 0 Å². The number of anilines is 1. The van der Waals surface area contributed by atoms with Crippen LogP contribution in [0.2, 0.25) is 0 Å². The van der Waals surface area contributed by atoms with E-state index < -0.39 is 0 Å². The van der Waals surface area contributed by atoms with E-state index in [2.05, 4.69) is 55.4 Å². The van der Waals surface area contributed by atoms with Gasteiger partial charge in [-0.25, -0.2) is 0 Å². The highest BCUT2D eigenvalue weighted by Gasteiger charge is 2.41. The zero-order valence-corrected chi connectivity index (χ0v) is 13.7. The van der Waals surface area contributed by atoms with Crippen molar-refractivity contribution in [3.63, 3.8) is 0 Å². The fourth-order valence-electron chi connectivity index (χ4n) is 3.88. The summed E-state index contributed by atoms with van der Waals surface area (Å²) in [6.45, 7) is 6.54. The monoisotopic (exact) mass is 290 g/mol. The first kappa shape index (κ1) is 16.3. The molecule has 0 bridgehead atoms. The molecule has 3 heteroatoms. The molecule has 1 fully saturated rings. The predicted octanol–water partition coefficient (Wildman–Crippen LogP) is 2.96. The standard InChI is InChI=1S/C18H30N2O/c1-4-19-18(14-21)12-7-9-16(18)11-13-20(3)17-10-6-5-8-15(17)2/h5-6,8,10,16,19,21H,4,7,9,11-14H2,1-3H3. The fourth-order valence-corrected chi connectivity index (χ4v) is 3.88. The van der Waals surface area contributed by atoms with Crippen molar-refractivity contribution in [1.82, 2.24) is 5.32 Å². The molecule has 1 aliphatic rings. The Bertz CT molecular complexity index is 449. The molecule has 0 aromatic heterocycles. The lowest BCUT2D eigenvalue weighted by molar-refractivity contribution is 0.122. The SMILES string of the molecule is CCNC1(CO)CCCC1CCN(C)c1ccccc1C. The van der Waals surface area contributed by atoms with E-state index in [9.17, 15) is 5.11 Å². The Morgan fingerprint density at radius 1 is 1.38 bits per heavy atom. The lowest BCUT2D eigenvalue weighted by Crippen LogP contribution is -2.51. The highest BCUT2D eigenvalue weighted by molar-refractivity contribution is 5.52. The Kier molecular flexibility index (Phi) is 5.65. The first-order valence-electron chi connectivity index (χ1n) is 8.25. The van der Waals surface area contributed by atoms with E-state index in [0.717, 1.165) is 25.9 Å². The van der Waals surface area contributed by atoms with Gasteiger partial charge < -0.3 is 15.3 Å². The molecule has 0 radical (unpaired) electrons. The number of aliphatic hydroxyl groups is 1. The van der Waals surface area contributed by atoms with Crippen LogP contribution in [-0.4, -0.2) is 37.4 Å². The minimum atomic E-state index is -0.0404. The first-order valence-corrected chi connectivity index (χ1v) is 8.25. The molecular weight excluding hydrogens is 260 g/mol. The van der Waals surface area contributed by atoms with Gasteiger partial charge in [-0.05, 0) is 50.3 Å². The molecule has 0 spiro atoms. The second kappa shape index (κ2) is 7.28. The highest BCUT2D eigenvalue weighted by Crippen LogP contribution is 2.38. The van der Waals surface area contributed by atoms with Gasteiger partial charge in [0.2, 0.25) is 0 Å². The molecule has 118 valence electrons. The molecule has 2 N–H and O–H groups in total. The molecule has 0 aliphatic heterocycles. The van der Waals surface area contributed by atoms with Crippen LogP contribution in [0.5, 0.6) is 0 Å². The summed E-state index contributed by atoms with van der Waals surface area (Å²) in [7, 11) is 2.17. The van der Waals surface area contributed by atoms with Crippen LogP contribution in [0.25, 0.3) is 0 Å². The molecule has 0 heterocycles. The molecule has 21 heavy (non-hydrogen) atoms. The minimum absolute atomic E-state index is 0.0404. The average Bonchev–Trinajstić information content (AvgIpc) is 2.89. The Morgan fingerprint density at radius 3 is 2.81 bits per heavy atom. The molecular formula is C18H30N2O. The molecule has 1 saturated carbocycles. The number of benzene rings is 1. The number of rotatable bonds is 7. The summed E-state index contributed by atoms with van der Waals surface area (Å²) in [5, 5.41) is 13.4. The van der Waals surface area contributed by atoms with Crippen molar-refractivity contribution in [3.8, 4) is 0 Å². The molecule has 1 aromatic rings. The van der Waals surface area contributed by atoms with Gasteiger partial charge in [0.05, 0.1) is 6.61 Å². The van der Waals surface area contributed by atoms with Crippen molar-refractivity contribution in [3.05, 3.63) is 29.8 Å². The van der Waals surface area contributed by atoms with Gasteiger partial charge in [-0.3, -0.25) is 0 Å². The van der Waals surface area contributed by atoms with Gasteiger partial charge in [0.1, 0.15) is 0 Å². The number of hydrogen-bond acceptors (Lipinski definition) is 3. The van der Waals surface area contributed by atoms with Crippen molar-refractivity contribution in [2.45, 2.75) is 45.1 Å². The zero-order valence-electron chi connectivity index (χ0n) is 13.7. The number of likely N-dealkylation sites (N-methyl/N-ethyl adjacent to an activating group) is 1. The molecule has 1 aliphatic carbocycles. The van der Waals surface area contributed by atoms with Gasteiger partial charge in [0.15, 0.2) is 0 Å². The van der Waals surface area contributed by atoms with Crippen molar-refractivity contribution < 1.29 is 5.11 Å². The summed E-state index contributed by atoms with van der Waals surface area (Å²) in [6.07, 6.45) is 4.70. The van der Waals surface area contributed by atoms with E-state index in [1.807, 2.05) is 0 Å². The van der Waals surface area contributed by atoms with Crippen LogP contribution < -0.4 is 10.2 Å². The van der Waals surface area contributed by atoms with Crippen LogP contribution in [-0.2, 0) is 0 Å². The van der Waals surface area contributed by atoms with Crippen LogP contribution in [0.15, 0.2) is 24.3 Å². The molecule has 2 atom stereocenters. The highest BCUT2D eigenvalue weighted by atomic mass is 16.3. The number of nitrogens with one attached hydrogen (secondary N) is 1. The molecule has 1 aromatic carbocycles.